The van der Waals surface area contributed by atoms with Crippen molar-refractivity contribution < 1.29 is 18.9 Å². The Morgan fingerprint density at radius 3 is 2.36 bits per heavy atom. The third-order valence-electron chi connectivity index (χ3n) is 4.49. The summed E-state index contributed by atoms with van der Waals surface area (Å²) in [4.78, 5) is 4.22. The number of aromatic nitrogens is 1. The fourth-order valence-electron chi connectivity index (χ4n) is 2.96. The Balaban J connectivity index is 1.14. The molecule has 2 fully saturated rings. The van der Waals surface area contributed by atoms with E-state index in [1.54, 1.807) is 6.20 Å². The molecule has 1 aromatic rings. The lowest BCUT2D eigenvalue weighted by Crippen LogP contribution is -2.40. The second-order valence-corrected chi connectivity index (χ2v) is 7.37. The summed E-state index contributed by atoms with van der Waals surface area (Å²) in [5.41, 5.74) is 0. The van der Waals surface area contributed by atoms with Gasteiger partial charge in [-0.2, -0.15) is 0 Å². The van der Waals surface area contributed by atoms with Crippen LogP contribution in [0.4, 0.5) is 0 Å². The van der Waals surface area contributed by atoms with Gasteiger partial charge in [-0.1, -0.05) is 0 Å². The van der Waals surface area contributed by atoms with Crippen LogP contribution in [0.15, 0.2) is 22.8 Å². The summed E-state index contributed by atoms with van der Waals surface area (Å²) >= 11 is 3.36. The molecule has 0 spiro atoms. The fourth-order valence-corrected chi connectivity index (χ4v) is 3.20. The zero-order valence-electron chi connectivity index (χ0n) is 14.5. The van der Waals surface area contributed by atoms with Crippen molar-refractivity contribution in [2.45, 2.75) is 44.0 Å². The summed E-state index contributed by atoms with van der Waals surface area (Å²) in [7, 11) is 0. The lowest BCUT2D eigenvalue weighted by atomic mass is 9.92. The highest BCUT2D eigenvalue weighted by molar-refractivity contribution is 9.10. The highest BCUT2D eigenvalue weighted by Gasteiger charge is 2.31. The Kier molecular flexibility index (Phi) is 7.94. The average molecular weight is 415 g/mol. The molecule has 0 radical (unpaired) electrons. The van der Waals surface area contributed by atoms with Gasteiger partial charge in [0.15, 0.2) is 0 Å². The van der Waals surface area contributed by atoms with Crippen molar-refractivity contribution in [2.75, 3.05) is 39.5 Å². The molecule has 2 aliphatic rings. The summed E-state index contributed by atoms with van der Waals surface area (Å²) in [5, 5.41) is 3.33. The van der Waals surface area contributed by atoms with E-state index in [4.69, 9.17) is 18.9 Å². The molecule has 7 heteroatoms. The number of rotatable bonds is 10. The maximum atomic E-state index is 5.79. The topological polar surface area (TPSA) is 61.8 Å². The molecule has 1 aliphatic heterocycles. The van der Waals surface area contributed by atoms with Gasteiger partial charge in [0, 0.05) is 29.6 Å². The number of nitrogens with zero attached hydrogens (tertiary/aromatic N) is 1. The summed E-state index contributed by atoms with van der Waals surface area (Å²) in [6.45, 7) is 4.67. The highest BCUT2D eigenvalue weighted by Crippen LogP contribution is 2.27. The molecule has 0 amide bonds. The highest BCUT2D eigenvalue weighted by atomic mass is 79.9. The molecule has 140 valence electrons. The second kappa shape index (κ2) is 10.4. The van der Waals surface area contributed by atoms with Crippen molar-refractivity contribution in [1.82, 2.24) is 10.3 Å². The van der Waals surface area contributed by atoms with Gasteiger partial charge in [-0.05, 0) is 47.9 Å². The molecule has 25 heavy (non-hydrogen) atoms. The van der Waals surface area contributed by atoms with Crippen LogP contribution in [0, 0.1) is 0 Å². The molecule has 1 N–H and O–H groups in total. The van der Waals surface area contributed by atoms with E-state index in [-0.39, 0.29) is 12.2 Å². The monoisotopic (exact) mass is 414 g/mol. The molecule has 0 bridgehead atoms. The van der Waals surface area contributed by atoms with Crippen LogP contribution in [0.1, 0.15) is 25.7 Å². The smallest absolute Gasteiger partial charge is 0.213 e. The number of pyridine rings is 1. The molecule has 1 saturated carbocycles. The molecular weight excluding hydrogens is 388 g/mol. The first-order valence-corrected chi connectivity index (χ1v) is 9.89. The van der Waals surface area contributed by atoms with E-state index in [1.165, 1.54) is 0 Å². The maximum Gasteiger partial charge on any atom is 0.213 e. The van der Waals surface area contributed by atoms with E-state index in [1.807, 2.05) is 12.1 Å². The lowest BCUT2D eigenvalue weighted by Gasteiger charge is -2.34. The number of nitrogens with one attached hydrogen (secondary N) is 1. The molecule has 3 rings (SSSR count). The molecule has 0 aromatic carbocycles. The minimum atomic E-state index is 0.206. The zero-order chi connectivity index (χ0) is 17.3. The van der Waals surface area contributed by atoms with Crippen LogP contribution in [0.5, 0.6) is 5.88 Å². The van der Waals surface area contributed by atoms with E-state index in [9.17, 15) is 0 Å². The normalized spacial score (nSPS) is 24.0. The molecule has 1 aromatic heterocycles. The van der Waals surface area contributed by atoms with E-state index in [0.29, 0.717) is 38.4 Å². The summed E-state index contributed by atoms with van der Waals surface area (Å²) < 4.78 is 23.9. The molecule has 1 saturated heterocycles. The van der Waals surface area contributed by atoms with Gasteiger partial charge < -0.3 is 24.3 Å². The minimum Gasteiger partial charge on any atom is -0.474 e. The predicted molar refractivity (Wildman–Crippen MR) is 98.0 cm³/mol. The Morgan fingerprint density at radius 1 is 0.960 bits per heavy atom. The first kappa shape index (κ1) is 19.0. The van der Waals surface area contributed by atoms with Crippen LogP contribution in [-0.2, 0) is 14.2 Å². The Morgan fingerprint density at radius 2 is 1.68 bits per heavy atom. The van der Waals surface area contributed by atoms with Crippen molar-refractivity contribution in [1.29, 1.82) is 0 Å². The number of ether oxygens (including phenoxy) is 4. The summed E-state index contributed by atoms with van der Waals surface area (Å²) in [6.07, 6.45) is 6.65. The molecule has 6 nitrogen and oxygen atoms in total. The number of hydrogen-bond donors (Lipinski definition) is 1. The zero-order valence-corrected chi connectivity index (χ0v) is 16.1. The largest absolute Gasteiger partial charge is 0.474 e. The Hall–Kier alpha value is -0.730. The number of hydrogen-bond acceptors (Lipinski definition) is 6. The second-order valence-electron chi connectivity index (χ2n) is 6.45. The van der Waals surface area contributed by atoms with Gasteiger partial charge in [-0.25, -0.2) is 4.98 Å². The molecule has 0 atom stereocenters. The van der Waals surface area contributed by atoms with Crippen LogP contribution < -0.4 is 10.1 Å². The maximum absolute atomic E-state index is 5.79. The van der Waals surface area contributed by atoms with Crippen LogP contribution in [-0.4, -0.2) is 62.8 Å². The van der Waals surface area contributed by atoms with E-state index in [0.717, 1.165) is 43.2 Å². The van der Waals surface area contributed by atoms with E-state index >= 15 is 0 Å². The van der Waals surface area contributed by atoms with Crippen molar-refractivity contribution in [2.24, 2.45) is 0 Å². The molecule has 2 heterocycles. The van der Waals surface area contributed by atoms with Crippen molar-refractivity contribution in [3.05, 3.63) is 22.8 Å². The standard InChI is InChI=1S/C18H27BrN2O4/c19-14-1-2-18(21-13-14)25-17-11-16(12-17)24-10-8-22-7-9-23-15-3-5-20-6-4-15/h1-2,13,15-17,20H,3-12H2/t16-,17-. The Bertz CT molecular complexity index is 490. The molecular formula is C18H27BrN2O4. The van der Waals surface area contributed by atoms with Gasteiger partial charge in [0.2, 0.25) is 5.88 Å². The first-order valence-electron chi connectivity index (χ1n) is 9.09. The van der Waals surface area contributed by atoms with Crippen LogP contribution in [0.3, 0.4) is 0 Å². The van der Waals surface area contributed by atoms with Crippen LogP contribution >= 0.6 is 15.9 Å². The van der Waals surface area contributed by atoms with Crippen LogP contribution in [0.2, 0.25) is 0 Å². The van der Waals surface area contributed by atoms with Gasteiger partial charge in [0.25, 0.3) is 0 Å². The summed E-state index contributed by atoms with van der Waals surface area (Å²) in [5.74, 6) is 0.670. The van der Waals surface area contributed by atoms with Crippen molar-refractivity contribution in [3.63, 3.8) is 0 Å². The SMILES string of the molecule is Brc1ccc(O[C@H]2C[C@H](OCCOCCOC3CCNCC3)C2)nc1. The van der Waals surface area contributed by atoms with Crippen LogP contribution in [0.25, 0.3) is 0 Å². The van der Waals surface area contributed by atoms with Gasteiger partial charge in [0.1, 0.15) is 6.10 Å². The fraction of sp³-hybridized carbons (Fsp3) is 0.722. The van der Waals surface area contributed by atoms with Crippen molar-refractivity contribution >= 4 is 15.9 Å². The van der Waals surface area contributed by atoms with Crippen molar-refractivity contribution in [3.8, 4) is 5.88 Å². The van der Waals surface area contributed by atoms with Gasteiger partial charge in [-0.15, -0.1) is 0 Å². The summed E-state index contributed by atoms with van der Waals surface area (Å²) in [6, 6.07) is 3.80. The average Bonchev–Trinajstić information content (AvgIpc) is 2.61. The van der Waals surface area contributed by atoms with E-state index in [2.05, 4.69) is 26.2 Å². The molecule has 1 aliphatic carbocycles. The first-order chi connectivity index (χ1) is 12.3. The quantitative estimate of drug-likeness (QED) is 0.593. The number of halogens is 1. The third-order valence-corrected chi connectivity index (χ3v) is 4.96. The Labute approximate surface area is 157 Å². The lowest BCUT2D eigenvalue weighted by molar-refractivity contribution is -0.0814. The van der Waals surface area contributed by atoms with Gasteiger partial charge in [0.05, 0.1) is 38.6 Å². The minimum absolute atomic E-state index is 0.206. The predicted octanol–water partition coefficient (Wildman–Crippen LogP) is 2.56. The molecule has 0 unspecified atom stereocenters. The van der Waals surface area contributed by atoms with Gasteiger partial charge in [-0.3, -0.25) is 0 Å². The third kappa shape index (κ3) is 6.83. The van der Waals surface area contributed by atoms with Gasteiger partial charge >= 0.3 is 0 Å². The van der Waals surface area contributed by atoms with E-state index < -0.39 is 0 Å². The number of piperidine rings is 1.